The third-order valence-electron chi connectivity index (χ3n) is 5.08. The van der Waals surface area contributed by atoms with Crippen LogP contribution in [0.3, 0.4) is 0 Å². The van der Waals surface area contributed by atoms with E-state index in [1.54, 1.807) is 23.1 Å². The predicted molar refractivity (Wildman–Crippen MR) is 136 cm³/mol. The summed E-state index contributed by atoms with van der Waals surface area (Å²) >= 11 is 14.0. The Labute approximate surface area is 206 Å². The molecular formula is C25H32Cl2N2O2S. The topological polar surface area (TPSA) is 49.4 Å². The van der Waals surface area contributed by atoms with Crippen LogP contribution in [-0.2, 0) is 21.9 Å². The Balaban J connectivity index is 2.15. The second-order valence-electron chi connectivity index (χ2n) is 8.26. The van der Waals surface area contributed by atoms with Crippen molar-refractivity contribution in [1.29, 1.82) is 0 Å². The SMILES string of the molecule is CC[C@@H](C(=O)NCC(C)C)N(Cc1ccc(C)cc1)C(=O)CSCc1c(Cl)cccc1Cl. The summed E-state index contributed by atoms with van der Waals surface area (Å²) in [7, 11) is 0. The molecule has 0 saturated heterocycles. The van der Waals surface area contributed by atoms with Gasteiger partial charge >= 0.3 is 0 Å². The van der Waals surface area contributed by atoms with E-state index in [0.29, 0.717) is 41.2 Å². The van der Waals surface area contributed by atoms with Gasteiger partial charge in [0.1, 0.15) is 6.04 Å². The van der Waals surface area contributed by atoms with Crippen molar-refractivity contribution in [2.24, 2.45) is 5.92 Å². The molecule has 174 valence electrons. The van der Waals surface area contributed by atoms with Crippen molar-refractivity contribution in [1.82, 2.24) is 10.2 Å². The second-order valence-corrected chi connectivity index (χ2v) is 10.1. The van der Waals surface area contributed by atoms with Gasteiger partial charge in [-0.3, -0.25) is 9.59 Å². The fourth-order valence-electron chi connectivity index (χ4n) is 3.23. The molecular weight excluding hydrogens is 463 g/mol. The Kier molecular flexibility index (Phi) is 10.9. The summed E-state index contributed by atoms with van der Waals surface area (Å²) in [6.07, 6.45) is 0.544. The molecule has 0 unspecified atom stereocenters. The molecule has 0 fully saturated rings. The summed E-state index contributed by atoms with van der Waals surface area (Å²) in [6, 6.07) is 12.9. The number of nitrogens with zero attached hydrogens (tertiary/aromatic N) is 1. The first-order valence-corrected chi connectivity index (χ1v) is 12.8. The molecule has 0 saturated carbocycles. The third-order valence-corrected chi connectivity index (χ3v) is 6.73. The zero-order valence-corrected chi connectivity index (χ0v) is 21.5. The number of rotatable bonds is 11. The maximum Gasteiger partial charge on any atom is 0.242 e. The van der Waals surface area contributed by atoms with Crippen LogP contribution in [0, 0.1) is 12.8 Å². The highest BCUT2D eigenvalue weighted by atomic mass is 35.5. The van der Waals surface area contributed by atoms with Gasteiger partial charge < -0.3 is 10.2 Å². The predicted octanol–water partition coefficient (Wildman–Crippen LogP) is 6.11. The van der Waals surface area contributed by atoms with Gasteiger partial charge in [-0.25, -0.2) is 0 Å². The molecule has 2 aromatic carbocycles. The summed E-state index contributed by atoms with van der Waals surface area (Å²) < 4.78 is 0. The van der Waals surface area contributed by atoms with Gasteiger partial charge in [-0.1, -0.05) is 79.9 Å². The summed E-state index contributed by atoms with van der Waals surface area (Å²) in [5.41, 5.74) is 2.97. The maximum atomic E-state index is 13.3. The van der Waals surface area contributed by atoms with Crippen molar-refractivity contribution in [3.05, 3.63) is 69.2 Å². The van der Waals surface area contributed by atoms with Crippen LogP contribution in [-0.4, -0.2) is 35.1 Å². The Morgan fingerprint density at radius 1 is 1.06 bits per heavy atom. The normalized spacial score (nSPS) is 12.0. The summed E-state index contributed by atoms with van der Waals surface area (Å²) in [4.78, 5) is 27.9. The highest BCUT2D eigenvalue weighted by Crippen LogP contribution is 2.28. The number of carbonyl (C=O) groups is 2. The lowest BCUT2D eigenvalue weighted by Crippen LogP contribution is -2.50. The Hall–Kier alpha value is -1.69. The number of thioether (sulfide) groups is 1. The molecule has 1 N–H and O–H groups in total. The van der Waals surface area contributed by atoms with Crippen LogP contribution in [0.25, 0.3) is 0 Å². The molecule has 0 bridgehead atoms. The standard InChI is InChI=1S/C25H32Cl2N2O2S/c1-5-23(25(31)28-13-17(2)3)29(14-19-11-9-18(4)10-12-19)24(30)16-32-15-20-21(26)7-6-8-22(20)27/h6-12,17,23H,5,13-16H2,1-4H3,(H,28,31)/t23-/m0/s1. The number of nitrogens with one attached hydrogen (secondary N) is 1. The van der Waals surface area contributed by atoms with Crippen LogP contribution in [0.2, 0.25) is 10.0 Å². The Morgan fingerprint density at radius 3 is 2.25 bits per heavy atom. The molecule has 2 amide bonds. The van der Waals surface area contributed by atoms with Gasteiger partial charge in [-0.2, -0.15) is 0 Å². The average Bonchev–Trinajstić information content (AvgIpc) is 2.75. The van der Waals surface area contributed by atoms with Crippen LogP contribution in [0.4, 0.5) is 0 Å². The number of aryl methyl sites for hydroxylation is 1. The number of hydrogen-bond acceptors (Lipinski definition) is 3. The van der Waals surface area contributed by atoms with Crippen LogP contribution < -0.4 is 5.32 Å². The van der Waals surface area contributed by atoms with Crippen molar-refractivity contribution >= 4 is 46.8 Å². The third kappa shape index (κ3) is 8.02. The lowest BCUT2D eigenvalue weighted by atomic mass is 10.1. The van der Waals surface area contributed by atoms with Crippen molar-refractivity contribution in [2.45, 2.75) is 52.5 Å². The number of benzene rings is 2. The smallest absolute Gasteiger partial charge is 0.242 e. The van der Waals surface area contributed by atoms with E-state index in [1.807, 2.05) is 52.0 Å². The summed E-state index contributed by atoms with van der Waals surface area (Å²) in [5.74, 6) is 0.917. The molecule has 0 radical (unpaired) electrons. The number of amides is 2. The molecule has 32 heavy (non-hydrogen) atoms. The zero-order valence-electron chi connectivity index (χ0n) is 19.2. The van der Waals surface area contributed by atoms with E-state index in [2.05, 4.69) is 5.32 Å². The van der Waals surface area contributed by atoms with E-state index in [-0.39, 0.29) is 17.6 Å². The monoisotopic (exact) mass is 494 g/mol. The molecule has 0 aromatic heterocycles. The van der Waals surface area contributed by atoms with Crippen LogP contribution in [0.1, 0.15) is 43.9 Å². The number of halogens is 2. The average molecular weight is 496 g/mol. The summed E-state index contributed by atoms with van der Waals surface area (Å²) in [6.45, 7) is 9.03. The Morgan fingerprint density at radius 2 is 1.69 bits per heavy atom. The van der Waals surface area contributed by atoms with Gasteiger partial charge in [0.05, 0.1) is 5.75 Å². The summed E-state index contributed by atoms with van der Waals surface area (Å²) in [5, 5.41) is 4.17. The van der Waals surface area contributed by atoms with Gasteiger partial charge in [-0.05, 0) is 42.5 Å². The van der Waals surface area contributed by atoms with E-state index in [4.69, 9.17) is 23.2 Å². The van der Waals surface area contributed by atoms with Crippen molar-refractivity contribution < 1.29 is 9.59 Å². The first-order valence-electron chi connectivity index (χ1n) is 10.9. The molecule has 4 nitrogen and oxygen atoms in total. The van der Waals surface area contributed by atoms with Crippen molar-refractivity contribution in [3.8, 4) is 0 Å². The molecule has 0 aliphatic heterocycles. The van der Waals surface area contributed by atoms with Gasteiger partial charge in [0.2, 0.25) is 11.8 Å². The second kappa shape index (κ2) is 13.1. The van der Waals surface area contributed by atoms with E-state index in [0.717, 1.165) is 16.7 Å². The van der Waals surface area contributed by atoms with Crippen LogP contribution >= 0.6 is 35.0 Å². The molecule has 0 aliphatic carbocycles. The number of carbonyl (C=O) groups excluding carboxylic acids is 2. The Bertz CT molecular complexity index is 883. The van der Waals surface area contributed by atoms with E-state index in [1.165, 1.54) is 11.8 Å². The lowest BCUT2D eigenvalue weighted by Gasteiger charge is -2.31. The van der Waals surface area contributed by atoms with Crippen LogP contribution in [0.5, 0.6) is 0 Å². The van der Waals surface area contributed by atoms with E-state index in [9.17, 15) is 9.59 Å². The minimum Gasteiger partial charge on any atom is -0.354 e. The minimum atomic E-state index is -0.521. The fourth-order valence-corrected chi connectivity index (χ4v) is 4.87. The maximum absolute atomic E-state index is 13.3. The quantitative estimate of drug-likeness (QED) is 0.409. The molecule has 1 atom stereocenters. The molecule has 2 rings (SSSR count). The lowest BCUT2D eigenvalue weighted by molar-refractivity contribution is -0.139. The van der Waals surface area contributed by atoms with Crippen LogP contribution in [0.15, 0.2) is 42.5 Å². The molecule has 7 heteroatoms. The molecule has 0 spiro atoms. The highest BCUT2D eigenvalue weighted by Gasteiger charge is 2.28. The molecule has 0 heterocycles. The number of hydrogen-bond donors (Lipinski definition) is 1. The first-order chi connectivity index (χ1) is 15.2. The van der Waals surface area contributed by atoms with Gasteiger partial charge in [0.25, 0.3) is 0 Å². The zero-order chi connectivity index (χ0) is 23.7. The largest absolute Gasteiger partial charge is 0.354 e. The van der Waals surface area contributed by atoms with Crippen molar-refractivity contribution in [2.75, 3.05) is 12.3 Å². The van der Waals surface area contributed by atoms with E-state index < -0.39 is 6.04 Å². The highest BCUT2D eigenvalue weighted by molar-refractivity contribution is 7.99. The van der Waals surface area contributed by atoms with E-state index >= 15 is 0 Å². The van der Waals surface area contributed by atoms with Gasteiger partial charge in [-0.15, -0.1) is 11.8 Å². The fraction of sp³-hybridized carbons (Fsp3) is 0.440. The molecule has 0 aliphatic rings. The minimum absolute atomic E-state index is 0.0784. The first kappa shape index (κ1) is 26.6. The van der Waals surface area contributed by atoms with Gasteiger partial charge in [0.15, 0.2) is 0 Å². The molecule has 2 aromatic rings. The van der Waals surface area contributed by atoms with Gasteiger partial charge in [0, 0.05) is 28.9 Å². The van der Waals surface area contributed by atoms with Crippen molar-refractivity contribution in [3.63, 3.8) is 0 Å².